The van der Waals surface area contributed by atoms with E-state index in [9.17, 15) is 8.42 Å². The Morgan fingerprint density at radius 1 is 0.947 bits per heavy atom. The fourth-order valence-corrected chi connectivity index (χ4v) is 3.06. The zero-order valence-corrected chi connectivity index (χ0v) is 12.4. The molecule has 5 heteroatoms. The maximum atomic E-state index is 12.2. The first kappa shape index (κ1) is 14.0. The van der Waals surface area contributed by atoms with Gasteiger partial charge in [-0.05, 0) is 49.6 Å². The number of hydrogen-bond donors (Lipinski definition) is 1. The van der Waals surface area contributed by atoms with Crippen molar-refractivity contribution >= 4 is 27.5 Å². The smallest absolute Gasteiger partial charge is 0.261 e. The Morgan fingerprint density at radius 2 is 1.53 bits per heavy atom. The molecule has 0 spiro atoms. The number of aryl methyl sites for hydroxylation is 1. The molecule has 0 fully saturated rings. The van der Waals surface area contributed by atoms with Gasteiger partial charge in [-0.2, -0.15) is 0 Å². The molecule has 0 aliphatic rings. The topological polar surface area (TPSA) is 46.2 Å². The van der Waals surface area contributed by atoms with E-state index in [0.29, 0.717) is 5.69 Å². The molecule has 100 valence electrons. The van der Waals surface area contributed by atoms with Gasteiger partial charge in [-0.15, -0.1) is 11.8 Å². The minimum atomic E-state index is -3.51. The second kappa shape index (κ2) is 5.67. The highest BCUT2D eigenvalue weighted by molar-refractivity contribution is 7.98. The molecule has 0 aliphatic heterocycles. The fraction of sp³-hybridized carbons (Fsp3) is 0.143. The molecule has 0 radical (unpaired) electrons. The van der Waals surface area contributed by atoms with Gasteiger partial charge in [0.2, 0.25) is 0 Å². The first-order chi connectivity index (χ1) is 9.01. The Kier molecular flexibility index (Phi) is 4.17. The van der Waals surface area contributed by atoms with Crippen LogP contribution in [0.15, 0.2) is 58.3 Å². The molecule has 19 heavy (non-hydrogen) atoms. The summed E-state index contributed by atoms with van der Waals surface area (Å²) in [7, 11) is -3.51. The van der Waals surface area contributed by atoms with Crippen LogP contribution in [0.2, 0.25) is 0 Å². The Labute approximate surface area is 118 Å². The molecule has 0 unspecified atom stereocenters. The van der Waals surface area contributed by atoms with Gasteiger partial charge in [0.25, 0.3) is 10.0 Å². The fourth-order valence-electron chi connectivity index (χ4n) is 1.59. The average molecular weight is 293 g/mol. The van der Waals surface area contributed by atoms with Crippen LogP contribution in [0.5, 0.6) is 0 Å². The van der Waals surface area contributed by atoms with Gasteiger partial charge in [0.15, 0.2) is 0 Å². The molecule has 0 aromatic heterocycles. The molecular weight excluding hydrogens is 278 g/mol. The van der Waals surface area contributed by atoms with Crippen LogP contribution < -0.4 is 4.72 Å². The van der Waals surface area contributed by atoms with E-state index in [4.69, 9.17) is 0 Å². The summed E-state index contributed by atoms with van der Waals surface area (Å²) in [5, 5.41) is 0. The lowest BCUT2D eigenvalue weighted by atomic mass is 10.2. The van der Waals surface area contributed by atoms with Crippen molar-refractivity contribution in [2.45, 2.75) is 16.7 Å². The zero-order chi connectivity index (χ0) is 13.9. The molecule has 0 bridgehead atoms. The molecule has 0 amide bonds. The SMILES string of the molecule is CSc1ccc(NS(=O)(=O)c2ccc(C)cc2)cc1. The number of thioether (sulfide) groups is 1. The van der Waals surface area contributed by atoms with Gasteiger partial charge in [-0.25, -0.2) is 8.42 Å². The minimum absolute atomic E-state index is 0.270. The summed E-state index contributed by atoms with van der Waals surface area (Å²) in [6.07, 6.45) is 1.98. The second-order valence-corrected chi connectivity index (χ2v) is 6.71. The van der Waals surface area contributed by atoms with Crippen LogP contribution in [0.3, 0.4) is 0 Å². The van der Waals surface area contributed by atoms with Gasteiger partial charge < -0.3 is 0 Å². The van der Waals surface area contributed by atoms with Crippen molar-refractivity contribution in [3.05, 3.63) is 54.1 Å². The quantitative estimate of drug-likeness (QED) is 0.877. The highest BCUT2D eigenvalue weighted by atomic mass is 32.2. The van der Waals surface area contributed by atoms with Crippen molar-refractivity contribution in [3.8, 4) is 0 Å². The predicted octanol–water partition coefficient (Wildman–Crippen LogP) is 3.52. The predicted molar refractivity (Wildman–Crippen MR) is 80.2 cm³/mol. The van der Waals surface area contributed by atoms with Crippen LogP contribution in [0.4, 0.5) is 5.69 Å². The van der Waals surface area contributed by atoms with Crippen molar-refractivity contribution in [3.63, 3.8) is 0 Å². The summed E-state index contributed by atoms with van der Waals surface area (Å²) in [5.74, 6) is 0. The van der Waals surface area contributed by atoms with Crippen molar-refractivity contribution in [1.29, 1.82) is 0 Å². The summed E-state index contributed by atoms with van der Waals surface area (Å²) < 4.78 is 26.9. The van der Waals surface area contributed by atoms with Gasteiger partial charge in [-0.3, -0.25) is 4.72 Å². The lowest BCUT2D eigenvalue weighted by molar-refractivity contribution is 0.601. The Morgan fingerprint density at radius 3 is 2.05 bits per heavy atom. The maximum absolute atomic E-state index is 12.2. The number of sulfonamides is 1. The summed E-state index contributed by atoms with van der Waals surface area (Å²) in [5.41, 5.74) is 1.60. The van der Waals surface area contributed by atoms with E-state index in [-0.39, 0.29) is 4.90 Å². The number of anilines is 1. The van der Waals surface area contributed by atoms with E-state index in [0.717, 1.165) is 10.5 Å². The Hall–Kier alpha value is -1.46. The summed E-state index contributed by atoms with van der Waals surface area (Å²) in [4.78, 5) is 1.37. The van der Waals surface area contributed by atoms with E-state index in [1.165, 1.54) is 0 Å². The number of rotatable bonds is 4. The third kappa shape index (κ3) is 3.52. The van der Waals surface area contributed by atoms with Crippen molar-refractivity contribution < 1.29 is 8.42 Å². The Bertz CT molecular complexity index is 647. The zero-order valence-electron chi connectivity index (χ0n) is 10.8. The normalized spacial score (nSPS) is 11.3. The minimum Gasteiger partial charge on any atom is -0.280 e. The van der Waals surface area contributed by atoms with Gasteiger partial charge >= 0.3 is 0 Å². The highest BCUT2D eigenvalue weighted by Crippen LogP contribution is 2.20. The lowest BCUT2D eigenvalue weighted by Gasteiger charge is -2.08. The van der Waals surface area contributed by atoms with Gasteiger partial charge in [0, 0.05) is 10.6 Å². The van der Waals surface area contributed by atoms with Crippen molar-refractivity contribution in [2.75, 3.05) is 11.0 Å². The molecule has 0 atom stereocenters. The highest BCUT2D eigenvalue weighted by Gasteiger charge is 2.13. The van der Waals surface area contributed by atoms with Crippen molar-refractivity contribution in [2.24, 2.45) is 0 Å². The van der Waals surface area contributed by atoms with E-state index >= 15 is 0 Å². The van der Waals surface area contributed by atoms with E-state index in [2.05, 4.69) is 4.72 Å². The lowest BCUT2D eigenvalue weighted by Crippen LogP contribution is -2.12. The third-order valence-electron chi connectivity index (χ3n) is 2.67. The maximum Gasteiger partial charge on any atom is 0.261 e. The van der Waals surface area contributed by atoms with Crippen LogP contribution in [0, 0.1) is 6.92 Å². The average Bonchev–Trinajstić information content (AvgIpc) is 2.40. The molecule has 2 aromatic rings. The number of benzene rings is 2. The van der Waals surface area contributed by atoms with Gasteiger partial charge in [-0.1, -0.05) is 17.7 Å². The second-order valence-electron chi connectivity index (χ2n) is 4.15. The van der Waals surface area contributed by atoms with Crippen LogP contribution in [0.25, 0.3) is 0 Å². The molecule has 2 rings (SSSR count). The molecule has 1 N–H and O–H groups in total. The molecule has 0 aliphatic carbocycles. The summed E-state index contributed by atoms with van der Waals surface area (Å²) in [6.45, 7) is 1.92. The van der Waals surface area contributed by atoms with E-state index < -0.39 is 10.0 Å². The van der Waals surface area contributed by atoms with Gasteiger partial charge in [0.1, 0.15) is 0 Å². The monoisotopic (exact) mass is 293 g/mol. The van der Waals surface area contributed by atoms with Crippen LogP contribution in [-0.4, -0.2) is 14.7 Å². The third-order valence-corrected chi connectivity index (χ3v) is 4.81. The van der Waals surface area contributed by atoms with E-state index in [1.54, 1.807) is 48.2 Å². The molecule has 0 heterocycles. The first-order valence-electron chi connectivity index (χ1n) is 5.75. The van der Waals surface area contributed by atoms with Crippen LogP contribution >= 0.6 is 11.8 Å². The van der Waals surface area contributed by atoms with Crippen molar-refractivity contribution in [1.82, 2.24) is 0 Å². The number of nitrogens with one attached hydrogen (secondary N) is 1. The Balaban J connectivity index is 2.23. The number of hydrogen-bond acceptors (Lipinski definition) is 3. The molecule has 3 nitrogen and oxygen atoms in total. The standard InChI is InChI=1S/C14H15NO2S2/c1-11-3-9-14(10-4-11)19(16,17)15-12-5-7-13(18-2)8-6-12/h3-10,15H,1-2H3. The van der Waals surface area contributed by atoms with Crippen LogP contribution in [-0.2, 0) is 10.0 Å². The molecule has 0 saturated heterocycles. The molecular formula is C14H15NO2S2. The van der Waals surface area contributed by atoms with Crippen LogP contribution in [0.1, 0.15) is 5.56 Å². The van der Waals surface area contributed by atoms with E-state index in [1.807, 2.05) is 25.3 Å². The van der Waals surface area contributed by atoms with Gasteiger partial charge in [0.05, 0.1) is 4.90 Å². The summed E-state index contributed by atoms with van der Waals surface area (Å²) in [6, 6.07) is 14.1. The first-order valence-corrected chi connectivity index (χ1v) is 8.45. The largest absolute Gasteiger partial charge is 0.280 e. The summed E-state index contributed by atoms with van der Waals surface area (Å²) >= 11 is 1.62. The molecule has 0 saturated carbocycles. The molecule has 2 aromatic carbocycles.